The minimum atomic E-state index is -1.15. The number of fused-ring (bicyclic) bond motifs is 1. The first kappa shape index (κ1) is 17.0. The Labute approximate surface area is 143 Å². The number of rotatable bonds is 4. The van der Waals surface area contributed by atoms with Crippen molar-refractivity contribution in [3.63, 3.8) is 0 Å². The zero-order valence-corrected chi connectivity index (χ0v) is 13.5. The molecule has 1 aromatic heterocycles. The Bertz CT molecular complexity index is 846. The second-order valence-corrected chi connectivity index (χ2v) is 5.87. The van der Waals surface area contributed by atoms with Crippen molar-refractivity contribution in [3.05, 3.63) is 53.1 Å². The summed E-state index contributed by atoms with van der Waals surface area (Å²) in [6.07, 6.45) is 5.82. The minimum absolute atomic E-state index is 0.294. The van der Waals surface area contributed by atoms with Gasteiger partial charge in [0.1, 0.15) is 17.5 Å². The van der Waals surface area contributed by atoms with Gasteiger partial charge in [-0.3, -0.25) is 4.79 Å². The molecule has 0 saturated heterocycles. The molecule has 128 valence electrons. The molecule has 1 unspecified atom stereocenters. The van der Waals surface area contributed by atoms with Crippen LogP contribution in [0.5, 0.6) is 0 Å². The number of allylic oxidation sites excluding steroid dienone is 1. The molecule has 0 fully saturated rings. The fourth-order valence-electron chi connectivity index (χ4n) is 2.90. The lowest BCUT2D eigenvalue weighted by Crippen LogP contribution is -2.16. The van der Waals surface area contributed by atoms with Crippen LogP contribution in [-0.2, 0) is 17.8 Å². The average Bonchev–Trinajstić information content (AvgIpc) is 2.83. The maximum absolute atomic E-state index is 13.6. The highest BCUT2D eigenvalue weighted by Crippen LogP contribution is 2.22. The van der Waals surface area contributed by atoms with Crippen LogP contribution in [0.25, 0.3) is 6.08 Å². The molecular weight excluding hydrogens is 326 g/mol. The van der Waals surface area contributed by atoms with Crippen LogP contribution in [0.4, 0.5) is 8.78 Å². The Kier molecular flexibility index (Phi) is 4.98. The van der Waals surface area contributed by atoms with E-state index < -0.39 is 23.3 Å². The van der Waals surface area contributed by atoms with Gasteiger partial charge in [0, 0.05) is 18.5 Å². The van der Waals surface area contributed by atoms with Crippen LogP contribution in [0.15, 0.2) is 24.3 Å². The van der Waals surface area contributed by atoms with Crippen molar-refractivity contribution < 1.29 is 13.6 Å². The van der Waals surface area contributed by atoms with Crippen LogP contribution >= 0.6 is 0 Å². The molecule has 2 heterocycles. The summed E-state index contributed by atoms with van der Waals surface area (Å²) in [4.78, 5) is 12.4. The van der Waals surface area contributed by atoms with Crippen molar-refractivity contribution in [2.24, 2.45) is 0 Å². The van der Waals surface area contributed by atoms with E-state index in [4.69, 9.17) is 0 Å². The highest BCUT2D eigenvalue weighted by Gasteiger charge is 2.26. The summed E-state index contributed by atoms with van der Waals surface area (Å²) in [7, 11) is 0. The number of halogens is 2. The third-order valence-electron chi connectivity index (χ3n) is 4.22. The highest BCUT2D eigenvalue weighted by atomic mass is 19.1. The van der Waals surface area contributed by atoms with Gasteiger partial charge >= 0.3 is 0 Å². The van der Waals surface area contributed by atoms with Crippen LogP contribution in [0.1, 0.15) is 42.4 Å². The number of aryl methyl sites for hydroxylation is 1. The molecule has 3 rings (SSSR count). The molecule has 0 bridgehead atoms. The summed E-state index contributed by atoms with van der Waals surface area (Å²) >= 11 is 0. The van der Waals surface area contributed by atoms with E-state index in [1.807, 2.05) is 10.6 Å². The van der Waals surface area contributed by atoms with Gasteiger partial charge in [-0.25, -0.2) is 8.78 Å². The van der Waals surface area contributed by atoms with Gasteiger partial charge in [-0.2, -0.15) is 5.26 Å². The highest BCUT2D eigenvalue weighted by molar-refractivity contribution is 5.99. The number of carbonyl (C=O) groups excluding carboxylic acids is 1. The predicted octanol–water partition coefficient (Wildman–Crippen LogP) is 3.17. The van der Waals surface area contributed by atoms with Gasteiger partial charge in [0.05, 0.1) is 6.07 Å². The summed E-state index contributed by atoms with van der Waals surface area (Å²) in [5, 5.41) is 17.5. The zero-order valence-electron chi connectivity index (χ0n) is 13.5. The van der Waals surface area contributed by atoms with E-state index in [2.05, 4.69) is 10.2 Å². The molecule has 25 heavy (non-hydrogen) atoms. The molecule has 1 atom stereocenters. The number of hydrogen-bond acceptors (Lipinski definition) is 4. The Morgan fingerprint density at radius 1 is 1.24 bits per heavy atom. The number of nitriles is 1. The van der Waals surface area contributed by atoms with Crippen molar-refractivity contribution in [2.75, 3.05) is 0 Å². The first-order valence-corrected chi connectivity index (χ1v) is 8.09. The van der Waals surface area contributed by atoms with E-state index in [-0.39, 0.29) is 5.56 Å². The number of carbonyl (C=O) groups is 1. The molecule has 5 nitrogen and oxygen atoms in total. The normalized spacial score (nSPS) is 15.4. The summed E-state index contributed by atoms with van der Waals surface area (Å²) in [6.45, 7) is 0.661. The lowest BCUT2D eigenvalue weighted by molar-refractivity contribution is -0.115. The Balaban J connectivity index is 1.87. The van der Waals surface area contributed by atoms with E-state index in [1.165, 1.54) is 6.07 Å². The molecule has 1 aromatic carbocycles. The van der Waals surface area contributed by atoms with Crippen molar-refractivity contribution in [3.8, 4) is 6.07 Å². The average molecular weight is 342 g/mol. The third-order valence-corrected chi connectivity index (χ3v) is 4.22. The van der Waals surface area contributed by atoms with Crippen molar-refractivity contribution in [1.82, 2.24) is 14.8 Å². The van der Waals surface area contributed by atoms with Gasteiger partial charge in [-0.1, -0.05) is 12.5 Å². The standard InChI is InChI=1S/C18H16F2N4O/c19-14-5-4-6-15(20)12(14)8-9-16(25)13(11-21)18-23-22-17-7-2-1-3-10-24(17)18/h4-6,8-9,13H,1-3,7,10H2. The van der Waals surface area contributed by atoms with E-state index >= 15 is 0 Å². The molecule has 1 aliphatic rings. The molecule has 0 aliphatic carbocycles. The molecule has 0 radical (unpaired) electrons. The van der Waals surface area contributed by atoms with Crippen molar-refractivity contribution in [2.45, 2.75) is 38.1 Å². The van der Waals surface area contributed by atoms with Crippen molar-refractivity contribution >= 4 is 11.9 Å². The molecule has 0 spiro atoms. The quantitative estimate of drug-likeness (QED) is 0.800. The van der Waals surface area contributed by atoms with E-state index in [9.17, 15) is 18.8 Å². The Morgan fingerprint density at radius 2 is 2.00 bits per heavy atom. The predicted molar refractivity (Wildman–Crippen MR) is 86.3 cm³/mol. The first-order valence-electron chi connectivity index (χ1n) is 8.09. The lowest BCUT2D eigenvalue weighted by atomic mass is 10.0. The zero-order chi connectivity index (χ0) is 17.8. The molecule has 0 amide bonds. The number of nitrogens with zero attached hydrogens (tertiary/aromatic N) is 4. The van der Waals surface area contributed by atoms with Crippen LogP contribution in [0.3, 0.4) is 0 Å². The van der Waals surface area contributed by atoms with Crippen molar-refractivity contribution in [1.29, 1.82) is 5.26 Å². The van der Waals surface area contributed by atoms with Gasteiger partial charge in [0.2, 0.25) is 0 Å². The monoisotopic (exact) mass is 342 g/mol. The second-order valence-electron chi connectivity index (χ2n) is 5.87. The van der Waals surface area contributed by atoms with Crippen LogP contribution < -0.4 is 0 Å². The molecular formula is C18H16F2N4O. The van der Waals surface area contributed by atoms with Gasteiger partial charge in [-0.15, -0.1) is 10.2 Å². The summed E-state index contributed by atoms with van der Waals surface area (Å²) < 4.78 is 29.1. The minimum Gasteiger partial charge on any atom is -0.313 e. The van der Waals surface area contributed by atoms with E-state index in [1.54, 1.807) is 0 Å². The van der Waals surface area contributed by atoms with Crippen LogP contribution in [0.2, 0.25) is 0 Å². The largest absolute Gasteiger partial charge is 0.313 e. The summed E-state index contributed by atoms with van der Waals surface area (Å²) in [6, 6.07) is 5.38. The van der Waals surface area contributed by atoms with E-state index in [0.29, 0.717) is 12.4 Å². The summed E-state index contributed by atoms with van der Waals surface area (Å²) in [5.41, 5.74) is -0.312. The van der Waals surface area contributed by atoms with E-state index in [0.717, 1.165) is 55.8 Å². The van der Waals surface area contributed by atoms with Gasteiger partial charge in [-0.05, 0) is 37.1 Å². The fraction of sp³-hybridized carbons (Fsp3) is 0.333. The van der Waals surface area contributed by atoms with Gasteiger partial charge in [0.15, 0.2) is 17.5 Å². The van der Waals surface area contributed by atoms with Gasteiger partial charge < -0.3 is 4.57 Å². The molecule has 2 aromatic rings. The molecule has 7 heteroatoms. The summed E-state index contributed by atoms with van der Waals surface area (Å²) in [5.74, 6) is -2.20. The number of ketones is 1. The Morgan fingerprint density at radius 3 is 2.72 bits per heavy atom. The Hall–Kier alpha value is -2.88. The third kappa shape index (κ3) is 3.48. The number of benzene rings is 1. The SMILES string of the molecule is N#CC(C(=O)C=Cc1c(F)cccc1F)c1nnc2n1CCCCC2. The topological polar surface area (TPSA) is 71.6 Å². The molecule has 0 N–H and O–H groups in total. The van der Waals surface area contributed by atoms with Crippen LogP contribution in [-0.4, -0.2) is 20.5 Å². The van der Waals surface area contributed by atoms with Gasteiger partial charge in [0.25, 0.3) is 0 Å². The second kappa shape index (κ2) is 7.34. The number of hydrogen-bond donors (Lipinski definition) is 0. The molecule has 1 aliphatic heterocycles. The smallest absolute Gasteiger partial charge is 0.180 e. The maximum Gasteiger partial charge on any atom is 0.180 e. The maximum atomic E-state index is 13.6. The lowest BCUT2D eigenvalue weighted by Gasteiger charge is -2.09. The molecule has 0 saturated carbocycles. The fourth-order valence-corrected chi connectivity index (χ4v) is 2.90. The van der Waals surface area contributed by atoms with Crippen LogP contribution in [0, 0.1) is 23.0 Å². The number of aromatic nitrogens is 3. The first-order chi connectivity index (χ1) is 12.1.